The zero-order valence-electron chi connectivity index (χ0n) is 12.8. The highest BCUT2D eigenvalue weighted by Gasteiger charge is 2.45. The van der Waals surface area contributed by atoms with Crippen molar-refractivity contribution in [2.75, 3.05) is 20.1 Å². The fourth-order valence-corrected chi connectivity index (χ4v) is 5.68. The summed E-state index contributed by atoms with van der Waals surface area (Å²) in [5, 5.41) is 1.26. The molecule has 2 heterocycles. The van der Waals surface area contributed by atoms with E-state index in [1.165, 1.54) is 37.1 Å². The molecule has 1 fully saturated rings. The van der Waals surface area contributed by atoms with E-state index in [9.17, 15) is 0 Å². The molecule has 0 bridgehead atoms. The average Bonchev–Trinajstić information content (AvgIpc) is 2.87. The van der Waals surface area contributed by atoms with E-state index in [-0.39, 0.29) is 0 Å². The van der Waals surface area contributed by atoms with Crippen LogP contribution in [0.5, 0.6) is 0 Å². The van der Waals surface area contributed by atoms with Gasteiger partial charge in [0.25, 0.3) is 0 Å². The molecule has 0 N–H and O–H groups in total. The van der Waals surface area contributed by atoms with Crippen molar-refractivity contribution in [2.45, 2.75) is 22.8 Å². The molecule has 3 heteroatoms. The smallest absolute Gasteiger partial charge is 0.0558 e. The highest BCUT2D eigenvalue weighted by molar-refractivity contribution is 8.01. The molecule has 0 amide bonds. The van der Waals surface area contributed by atoms with Crippen molar-refractivity contribution < 1.29 is 0 Å². The number of hydrogen-bond donors (Lipinski definition) is 0. The van der Waals surface area contributed by atoms with Gasteiger partial charge in [0, 0.05) is 9.77 Å². The van der Waals surface area contributed by atoms with Crippen LogP contribution in [0.1, 0.15) is 34.8 Å². The maximum Gasteiger partial charge on any atom is 0.0558 e. The molecule has 0 unspecified atom stereocenters. The number of hydrogen-bond acceptors (Lipinski definition) is 2. The Balaban J connectivity index is 1.75. The van der Waals surface area contributed by atoms with Gasteiger partial charge in [0.2, 0.25) is 0 Å². The standard InChI is InChI=1S/C19H20ClNS/c1-21-12-10-19(11-13-21)17-5-3-2-4-16(17)18(22-19)14-6-8-15(20)9-7-14/h2-9,18H,10-13H2,1H3/t18-/m1/s1. The monoisotopic (exact) mass is 329 g/mol. The van der Waals surface area contributed by atoms with E-state index in [0.717, 1.165) is 5.02 Å². The summed E-state index contributed by atoms with van der Waals surface area (Å²) in [5.41, 5.74) is 4.44. The van der Waals surface area contributed by atoms with Gasteiger partial charge in [0.05, 0.1) is 5.25 Å². The number of rotatable bonds is 1. The van der Waals surface area contributed by atoms with Crippen molar-refractivity contribution in [1.82, 2.24) is 4.90 Å². The molecular formula is C19H20ClNS. The van der Waals surface area contributed by atoms with Crippen LogP contribution in [0.2, 0.25) is 5.02 Å². The van der Waals surface area contributed by atoms with Gasteiger partial charge in [-0.05, 0) is 61.8 Å². The van der Waals surface area contributed by atoms with Gasteiger partial charge in [0.15, 0.2) is 0 Å². The number of thioether (sulfide) groups is 1. The summed E-state index contributed by atoms with van der Waals surface area (Å²) in [4.78, 5) is 2.45. The van der Waals surface area contributed by atoms with Crippen LogP contribution in [0, 0.1) is 0 Å². The summed E-state index contributed by atoms with van der Waals surface area (Å²) in [7, 11) is 2.23. The van der Waals surface area contributed by atoms with E-state index in [1.807, 2.05) is 12.1 Å². The molecule has 2 aliphatic rings. The van der Waals surface area contributed by atoms with Gasteiger partial charge >= 0.3 is 0 Å². The van der Waals surface area contributed by atoms with Crippen LogP contribution < -0.4 is 0 Å². The van der Waals surface area contributed by atoms with Gasteiger partial charge in [-0.1, -0.05) is 48.0 Å². The Bertz CT molecular complexity index is 674. The van der Waals surface area contributed by atoms with Crippen molar-refractivity contribution in [3.8, 4) is 0 Å². The van der Waals surface area contributed by atoms with Crippen molar-refractivity contribution >= 4 is 23.4 Å². The minimum atomic E-state index is 0.299. The van der Waals surface area contributed by atoms with E-state index in [0.29, 0.717) is 10.00 Å². The van der Waals surface area contributed by atoms with Gasteiger partial charge in [-0.15, -0.1) is 11.8 Å². The zero-order chi connectivity index (χ0) is 15.2. The van der Waals surface area contributed by atoms with E-state index in [2.05, 4.69) is 60.1 Å². The lowest BCUT2D eigenvalue weighted by molar-refractivity contribution is 0.241. The molecule has 114 valence electrons. The van der Waals surface area contributed by atoms with Crippen LogP contribution in [-0.2, 0) is 4.75 Å². The molecule has 2 aromatic carbocycles. The second-order valence-electron chi connectivity index (χ2n) is 6.43. The lowest BCUT2D eigenvalue weighted by Gasteiger charge is -2.38. The van der Waals surface area contributed by atoms with Crippen molar-refractivity contribution in [2.24, 2.45) is 0 Å². The average molecular weight is 330 g/mol. The molecule has 1 atom stereocenters. The number of likely N-dealkylation sites (tertiary alicyclic amines) is 1. The first-order chi connectivity index (χ1) is 10.7. The van der Waals surface area contributed by atoms with Crippen LogP contribution in [0.4, 0.5) is 0 Å². The predicted molar refractivity (Wildman–Crippen MR) is 95.7 cm³/mol. The fraction of sp³-hybridized carbons (Fsp3) is 0.368. The molecule has 0 saturated carbocycles. The Morgan fingerprint density at radius 3 is 2.45 bits per heavy atom. The molecule has 4 rings (SSSR count). The Morgan fingerprint density at radius 1 is 1.05 bits per heavy atom. The zero-order valence-corrected chi connectivity index (χ0v) is 14.3. The molecule has 2 aromatic rings. The van der Waals surface area contributed by atoms with Gasteiger partial charge in [0.1, 0.15) is 0 Å². The van der Waals surface area contributed by atoms with Crippen LogP contribution in [0.25, 0.3) is 0 Å². The van der Waals surface area contributed by atoms with E-state index in [4.69, 9.17) is 11.6 Å². The van der Waals surface area contributed by atoms with E-state index >= 15 is 0 Å². The largest absolute Gasteiger partial charge is 0.306 e. The molecule has 1 saturated heterocycles. The highest BCUT2D eigenvalue weighted by atomic mass is 35.5. The number of halogens is 1. The van der Waals surface area contributed by atoms with Crippen LogP contribution in [0.3, 0.4) is 0 Å². The fourth-order valence-electron chi connectivity index (χ4n) is 3.75. The molecule has 0 radical (unpaired) electrons. The van der Waals surface area contributed by atoms with E-state index < -0.39 is 0 Å². The summed E-state index contributed by atoms with van der Waals surface area (Å²) in [6.07, 6.45) is 2.49. The third kappa shape index (κ3) is 2.38. The SMILES string of the molecule is CN1CCC2(CC1)S[C@H](c1ccc(Cl)cc1)c1ccccc12. The Labute approximate surface area is 141 Å². The minimum Gasteiger partial charge on any atom is -0.306 e. The summed E-state index contributed by atoms with van der Waals surface area (Å²) in [5.74, 6) is 0. The van der Waals surface area contributed by atoms with Crippen LogP contribution in [-0.4, -0.2) is 25.0 Å². The predicted octanol–water partition coefficient (Wildman–Crippen LogP) is 5.10. The van der Waals surface area contributed by atoms with Gasteiger partial charge < -0.3 is 4.90 Å². The van der Waals surface area contributed by atoms with Crippen LogP contribution >= 0.6 is 23.4 Å². The first-order valence-corrected chi connectivity index (χ1v) is 9.15. The number of piperidine rings is 1. The van der Waals surface area contributed by atoms with Gasteiger partial charge in [-0.3, -0.25) is 0 Å². The Morgan fingerprint density at radius 2 is 1.73 bits per heavy atom. The maximum atomic E-state index is 6.06. The summed E-state index contributed by atoms with van der Waals surface area (Å²) in [6.45, 7) is 2.38. The highest BCUT2D eigenvalue weighted by Crippen LogP contribution is 2.61. The normalized spacial score (nSPS) is 23.6. The van der Waals surface area contributed by atoms with Gasteiger partial charge in [-0.25, -0.2) is 0 Å². The molecule has 22 heavy (non-hydrogen) atoms. The van der Waals surface area contributed by atoms with Crippen molar-refractivity contribution in [3.05, 3.63) is 70.2 Å². The molecule has 2 aliphatic heterocycles. The molecular weight excluding hydrogens is 310 g/mol. The third-order valence-electron chi connectivity index (χ3n) is 5.05. The first kappa shape index (κ1) is 14.6. The van der Waals surface area contributed by atoms with Crippen molar-refractivity contribution in [1.29, 1.82) is 0 Å². The number of benzene rings is 2. The quantitative estimate of drug-likeness (QED) is 0.716. The summed E-state index contributed by atoms with van der Waals surface area (Å²) >= 11 is 8.22. The number of fused-ring (bicyclic) bond motifs is 2. The second kappa shape index (κ2) is 5.59. The van der Waals surface area contributed by atoms with Crippen LogP contribution in [0.15, 0.2) is 48.5 Å². The Hall–Kier alpha value is -0.960. The van der Waals surface area contributed by atoms with Gasteiger partial charge in [-0.2, -0.15) is 0 Å². The summed E-state index contributed by atoms with van der Waals surface area (Å²) in [6, 6.07) is 17.4. The number of nitrogens with zero attached hydrogens (tertiary/aromatic N) is 1. The van der Waals surface area contributed by atoms with Crippen molar-refractivity contribution in [3.63, 3.8) is 0 Å². The topological polar surface area (TPSA) is 3.24 Å². The molecule has 0 aromatic heterocycles. The second-order valence-corrected chi connectivity index (χ2v) is 8.36. The lowest BCUT2D eigenvalue weighted by Crippen LogP contribution is -2.37. The molecule has 1 nitrogen and oxygen atoms in total. The first-order valence-electron chi connectivity index (χ1n) is 7.89. The third-order valence-corrected chi connectivity index (χ3v) is 7.14. The molecule has 0 aliphatic carbocycles. The van der Waals surface area contributed by atoms with E-state index in [1.54, 1.807) is 5.56 Å². The Kier molecular flexibility index (Phi) is 3.72. The lowest BCUT2D eigenvalue weighted by atomic mass is 9.84. The molecule has 1 spiro atoms. The minimum absolute atomic E-state index is 0.299. The summed E-state index contributed by atoms with van der Waals surface area (Å²) < 4.78 is 0.299. The maximum absolute atomic E-state index is 6.06.